The molecule has 1 heterocycles. The Morgan fingerprint density at radius 2 is 1.81 bits per heavy atom. The normalized spacial score (nSPS) is 11.0. The van der Waals surface area contributed by atoms with Crippen LogP contribution in [-0.2, 0) is 29.0 Å². The number of carbonyl (C=O) groups is 1. The third kappa shape index (κ3) is 6.11. The molecule has 1 amide bonds. The second-order valence-electron chi connectivity index (χ2n) is 6.75. The van der Waals surface area contributed by atoms with Gasteiger partial charge in [-0.15, -0.1) is 5.10 Å². The molecule has 0 atom stereocenters. The highest BCUT2D eigenvalue weighted by atomic mass is 35.5. The first-order chi connectivity index (χ1) is 14.9. The Kier molecular flexibility index (Phi) is 8.15. The zero-order valence-electron chi connectivity index (χ0n) is 16.8. The molecule has 0 spiro atoms. The van der Waals surface area contributed by atoms with E-state index >= 15 is 0 Å². The maximum atomic E-state index is 12.8. The molecule has 1 aromatic heterocycles. The maximum Gasteiger partial charge on any atom is 0.346 e. The van der Waals surface area contributed by atoms with Gasteiger partial charge in [0, 0.05) is 34.3 Å². The van der Waals surface area contributed by atoms with Crippen LogP contribution in [-0.4, -0.2) is 40.5 Å². The molecule has 0 saturated carbocycles. The number of rotatable bonds is 9. The molecule has 0 aliphatic carbocycles. The lowest BCUT2D eigenvalue weighted by molar-refractivity contribution is -0.121. The minimum atomic E-state index is -0.391. The quantitative estimate of drug-likeness (QED) is 0.504. The summed E-state index contributed by atoms with van der Waals surface area (Å²) in [5, 5.41) is 8.83. The summed E-state index contributed by atoms with van der Waals surface area (Å²) in [5.74, 6) is 0.116. The van der Waals surface area contributed by atoms with Crippen molar-refractivity contribution in [1.82, 2.24) is 19.7 Å². The zero-order chi connectivity index (χ0) is 22.4. The standard InChI is InChI=1S/C21H21Cl3N4O3/c1-31-11-10-27-20(15-3-5-16(22)6-4-15)26-28(21(27)30)13-19(29)25-9-8-14-2-7-17(23)12-18(14)24/h2-7,12H,8-11,13H2,1H3,(H,25,29). The number of halogens is 3. The van der Waals surface area contributed by atoms with Crippen molar-refractivity contribution < 1.29 is 9.53 Å². The first-order valence-corrected chi connectivity index (χ1v) is 10.7. The maximum absolute atomic E-state index is 12.8. The molecule has 0 aliphatic rings. The smallest absolute Gasteiger partial charge is 0.346 e. The van der Waals surface area contributed by atoms with E-state index in [1.807, 2.05) is 6.07 Å². The summed E-state index contributed by atoms with van der Waals surface area (Å²) in [6, 6.07) is 12.2. The van der Waals surface area contributed by atoms with Crippen LogP contribution in [0.4, 0.5) is 0 Å². The molecule has 164 valence electrons. The largest absolute Gasteiger partial charge is 0.383 e. The van der Waals surface area contributed by atoms with Crippen molar-refractivity contribution >= 4 is 40.7 Å². The summed E-state index contributed by atoms with van der Waals surface area (Å²) < 4.78 is 7.72. The van der Waals surface area contributed by atoms with Gasteiger partial charge in [0.15, 0.2) is 5.82 Å². The van der Waals surface area contributed by atoms with Crippen molar-refractivity contribution in [2.24, 2.45) is 0 Å². The van der Waals surface area contributed by atoms with Crippen LogP contribution in [0.1, 0.15) is 5.56 Å². The Bertz CT molecular complexity index is 1110. The van der Waals surface area contributed by atoms with Crippen LogP contribution < -0.4 is 11.0 Å². The lowest BCUT2D eigenvalue weighted by Crippen LogP contribution is -2.35. The number of benzene rings is 2. The van der Waals surface area contributed by atoms with Gasteiger partial charge in [0.1, 0.15) is 6.54 Å². The predicted molar refractivity (Wildman–Crippen MR) is 122 cm³/mol. The van der Waals surface area contributed by atoms with Gasteiger partial charge in [0.05, 0.1) is 13.2 Å². The van der Waals surface area contributed by atoms with Gasteiger partial charge < -0.3 is 10.1 Å². The van der Waals surface area contributed by atoms with E-state index in [9.17, 15) is 9.59 Å². The number of nitrogens with one attached hydrogen (secondary N) is 1. The van der Waals surface area contributed by atoms with Gasteiger partial charge in [-0.25, -0.2) is 9.48 Å². The number of nitrogens with zero attached hydrogens (tertiary/aromatic N) is 3. The summed E-state index contributed by atoms with van der Waals surface area (Å²) in [7, 11) is 1.55. The third-order valence-corrected chi connectivity index (χ3v) is 5.41. The Morgan fingerprint density at radius 1 is 1.10 bits per heavy atom. The van der Waals surface area contributed by atoms with Crippen molar-refractivity contribution in [3.63, 3.8) is 0 Å². The molecule has 7 nitrogen and oxygen atoms in total. The average Bonchev–Trinajstić information content (AvgIpc) is 3.04. The molecule has 0 fully saturated rings. The van der Waals surface area contributed by atoms with E-state index in [4.69, 9.17) is 39.5 Å². The van der Waals surface area contributed by atoms with Crippen LogP contribution in [0.3, 0.4) is 0 Å². The van der Waals surface area contributed by atoms with E-state index in [0.717, 1.165) is 10.2 Å². The van der Waals surface area contributed by atoms with E-state index in [1.54, 1.807) is 43.5 Å². The minimum absolute atomic E-state index is 0.201. The average molecular weight is 484 g/mol. The van der Waals surface area contributed by atoms with Gasteiger partial charge in [0.2, 0.25) is 5.91 Å². The fraction of sp³-hybridized carbons (Fsp3) is 0.286. The van der Waals surface area contributed by atoms with Crippen LogP contribution in [0.5, 0.6) is 0 Å². The first kappa shape index (κ1) is 23.3. The lowest BCUT2D eigenvalue weighted by atomic mass is 10.1. The molecule has 0 bridgehead atoms. The SMILES string of the molecule is COCCn1c(-c2ccc(Cl)cc2)nn(CC(=O)NCCc2ccc(Cl)cc2Cl)c1=O. The van der Waals surface area contributed by atoms with Crippen molar-refractivity contribution in [2.45, 2.75) is 19.5 Å². The van der Waals surface area contributed by atoms with Crippen LogP contribution in [0, 0.1) is 0 Å². The van der Waals surface area contributed by atoms with Crippen LogP contribution >= 0.6 is 34.8 Å². The molecule has 0 radical (unpaired) electrons. The molecule has 1 N–H and O–H groups in total. The van der Waals surface area contributed by atoms with E-state index in [1.165, 1.54) is 4.57 Å². The van der Waals surface area contributed by atoms with Crippen molar-refractivity contribution in [3.05, 3.63) is 73.6 Å². The van der Waals surface area contributed by atoms with Gasteiger partial charge in [0.25, 0.3) is 0 Å². The Balaban J connectivity index is 1.70. The van der Waals surface area contributed by atoms with Crippen LogP contribution in [0.25, 0.3) is 11.4 Å². The molecule has 10 heteroatoms. The van der Waals surface area contributed by atoms with Gasteiger partial charge in [-0.3, -0.25) is 9.36 Å². The second kappa shape index (κ2) is 10.8. The number of methoxy groups -OCH3 is 1. The zero-order valence-corrected chi connectivity index (χ0v) is 19.0. The van der Waals surface area contributed by atoms with Crippen molar-refractivity contribution in [3.8, 4) is 11.4 Å². The highest BCUT2D eigenvalue weighted by Gasteiger charge is 2.17. The molecule has 0 unspecified atom stereocenters. The Labute approximate surface area is 194 Å². The summed E-state index contributed by atoms with van der Waals surface area (Å²) in [6.07, 6.45) is 0.537. The number of aromatic nitrogens is 3. The predicted octanol–water partition coefficient (Wildman–Crippen LogP) is 3.68. The fourth-order valence-corrected chi connectivity index (χ4v) is 3.62. The van der Waals surface area contributed by atoms with Gasteiger partial charge >= 0.3 is 5.69 Å². The van der Waals surface area contributed by atoms with Gasteiger partial charge in [-0.05, 0) is 48.4 Å². The van der Waals surface area contributed by atoms with Crippen LogP contribution in [0.15, 0.2) is 47.3 Å². The van der Waals surface area contributed by atoms with Gasteiger partial charge in [-0.2, -0.15) is 0 Å². The molecule has 0 aliphatic heterocycles. The number of ether oxygens (including phenoxy) is 1. The Morgan fingerprint density at radius 3 is 2.48 bits per heavy atom. The second-order valence-corrected chi connectivity index (χ2v) is 8.03. The monoisotopic (exact) mass is 482 g/mol. The molecule has 3 aromatic rings. The van der Waals surface area contributed by atoms with E-state index in [0.29, 0.717) is 52.6 Å². The fourth-order valence-electron chi connectivity index (χ4n) is 2.99. The number of carbonyl (C=O) groups excluding carboxylic acids is 1. The molecular weight excluding hydrogens is 463 g/mol. The van der Waals surface area contributed by atoms with E-state index in [-0.39, 0.29) is 12.5 Å². The first-order valence-electron chi connectivity index (χ1n) is 9.52. The summed E-state index contributed by atoms with van der Waals surface area (Å²) >= 11 is 18.0. The number of hydrogen-bond donors (Lipinski definition) is 1. The van der Waals surface area contributed by atoms with Crippen molar-refractivity contribution in [1.29, 1.82) is 0 Å². The summed E-state index contributed by atoms with van der Waals surface area (Å²) in [5.41, 5.74) is 1.20. The lowest BCUT2D eigenvalue weighted by Gasteiger charge is -2.07. The topological polar surface area (TPSA) is 78.2 Å². The molecule has 31 heavy (non-hydrogen) atoms. The molecule has 3 rings (SSSR count). The Hall–Kier alpha value is -2.32. The molecule has 0 saturated heterocycles. The van der Waals surface area contributed by atoms with Gasteiger partial charge in [-0.1, -0.05) is 40.9 Å². The van der Waals surface area contributed by atoms with Crippen molar-refractivity contribution in [2.75, 3.05) is 20.3 Å². The molecular formula is C21H21Cl3N4O3. The van der Waals surface area contributed by atoms with E-state index in [2.05, 4.69) is 10.4 Å². The highest BCUT2D eigenvalue weighted by Crippen LogP contribution is 2.21. The summed E-state index contributed by atoms with van der Waals surface area (Å²) in [6.45, 7) is 0.807. The summed E-state index contributed by atoms with van der Waals surface area (Å²) in [4.78, 5) is 25.2. The number of amides is 1. The highest BCUT2D eigenvalue weighted by molar-refractivity contribution is 6.35. The minimum Gasteiger partial charge on any atom is -0.383 e. The molecule has 2 aromatic carbocycles. The number of hydrogen-bond acceptors (Lipinski definition) is 4. The third-order valence-electron chi connectivity index (χ3n) is 4.57. The van der Waals surface area contributed by atoms with E-state index < -0.39 is 5.69 Å². The van der Waals surface area contributed by atoms with Crippen LogP contribution in [0.2, 0.25) is 15.1 Å².